The summed E-state index contributed by atoms with van der Waals surface area (Å²) in [5, 5.41) is 7.07. The average Bonchev–Trinajstić information content (AvgIpc) is 2.89. The molecule has 0 aromatic carbocycles. The van der Waals surface area contributed by atoms with Gasteiger partial charge in [0, 0.05) is 24.5 Å². The first-order valence-electron chi connectivity index (χ1n) is 5.84. The highest BCUT2D eigenvalue weighted by atomic mass is 16.5. The van der Waals surface area contributed by atoms with Crippen LogP contribution in [0.3, 0.4) is 0 Å². The summed E-state index contributed by atoms with van der Waals surface area (Å²) < 4.78 is 6.99. The number of nitrogens with one attached hydrogen (secondary N) is 1. The summed E-state index contributed by atoms with van der Waals surface area (Å²) in [7, 11) is 0. The second-order valence-electron chi connectivity index (χ2n) is 4.09. The third kappa shape index (κ3) is 2.55. The summed E-state index contributed by atoms with van der Waals surface area (Å²) in [6, 6.07) is 2.22. The Bertz CT molecular complexity index is 473. The third-order valence-electron chi connectivity index (χ3n) is 3.00. The SMILES string of the molecule is CCn1c(C)cc(CNCc2ncon2)c1C. The molecule has 0 fully saturated rings. The molecule has 5 nitrogen and oxygen atoms in total. The number of hydrogen-bond acceptors (Lipinski definition) is 4. The van der Waals surface area contributed by atoms with Crippen molar-refractivity contribution in [3.05, 3.63) is 35.2 Å². The van der Waals surface area contributed by atoms with E-state index < -0.39 is 0 Å². The molecule has 0 bridgehead atoms. The molecule has 0 aliphatic carbocycles. The molecule has 0 aliphatic rings. The van der Waals surface area contributed by atoms with E-state index in [1.165, 1.54) is 23.3 Å². The van der Waals surface area contributed by atoms with E-state index >= 15 is 0 Å². The first-order chi connectivity index (χ1) is 8.22. The standard InChI is InChI=1S/C12H18N4O/c1-4-16-9(2)5-11(10(16)3)6-13-7-12-14-8-17-15-12/h5,8,13H,4,6-7H2,1-3H3. The minimum absolute atomic E-state index is 0.631. The van der Waals surface area contributed by atoms with E-state index in [2.05, 4.69) is 51.4 Å². The van der Waals surface area contributed by atoms with Crippen molar-refractivity contribution in [3.63, 3.8) is 0 Å². The number of rotatable bonds is 5. The molecule has 0 unspecified atom stereocenters. The molecule has 0 spiro atoms. The Kier molecular flexibility index (Phi) is 3.58. The summed E-state index contributed by atoms with van der Waals surface area (Å²) in [5.74, 6) is 0.689. The van der Waals surface area contributed by atoms with Crippen LogP contribution in [0.5, 0.6) is 0 Å². The zero-order valence-corrected chi connectivity index (χ0v) is 10.5. The third-order valence-corrected chi connectivity index (χ3v) is 3.00. The summed E-state index contributed by atoms with van der Waals surface area (Å²) in [5.41, 5.74) is 3.96. The van der Waals surface area contributed by atoms with E-state index in [1.54, 1.807) is 0 Å². The first-order valence-corrected chi connectivity index (χ1v) is 5.84. The molecule has 0 saturated heterocycles. The van der Waals surface area contributed by atoms with Crippen molar-refractivity contribution in [1.82, 2.24) is 20.0 Å². The normalized spacial score (nSPS) is 11.0. The van der Waals surface area contributed by atoms with E-state index in [0.717, 1.165) is 13.1 Å². The molecule has 0 aliphatic heterocycles. The fourth-order valence-electron chi connectivity index (χ4n) is 2.12. The van der Waals surface area contributed by atoms with Crippen molar-refractivity contribution in [2.75, 3.05) is 0 Å². The predicted molar refractivity (Wildman–Crippen MR) is 64.4 cm³/mol. The van der Waals surface area contributed by atoms with Crippen LogP contribution in [0, 0.1) is 13.8 Å². The second-order valence-corrected chi connectivity index (χ2v) is 4.09. The Hall–Kier alpha value is -1.62. The molecular formula is C12H18N4O. The van der Waals surface area contributed by atoms with Gasteiger partial charge in [-0.2, -0.15) is 4.98 Å². The van der Waals surface area contributed by atoms with Gasteiger partial charge in [0.15, 0.2) is 5.82 Å². The van der Waals surface area contributed by atoms with Crippen LogP contribution in [-0.2, 0) is 19.6 Å². The average molecular weight is 234 g/mol. The highest BCUT2D eigenvalue weighted by Crippen LogP contribution is 2.14. The molecule has 92 valence electrons. The zero-order valence-electron chi connectivity index (χ0n) is 10.5. The van der Waals surface area contributed by atoms with Gasteiger partial charge in [-0.1, -0.05) is 5.16 Å². The van der Waals surface area contributed by atoms with Crippen molar-refractivity contribution in [2.24, 2.45) is 0 Å². The van der Waals surface area contributed by atoms with Gasteiger partial charge in [0.05, 0.1) is 6.54 Å². The van der Waals surface area contributed by atoms with Crippen LogP contribution in [0.25, 0.3) is 0 Å². The molecular weight excluding hydrogens is 216 g/mol. The summed E-state index contributed by atoms with van der Waals surface area (Å²) in [6.07, 6.45) is 1.35. The van der Waals surface area contributed by atoms with E-state index in [9.17, 15) is 0 Å². The highest BCUT2D eigenvalue weighted by molar-refractivity contribution is 5.26. The molecule has 0 radical (unpaired) electrons. The minimum atomic E-state index is 0.631. The lowest BCUT2D eigenvalue weighted by Gasteiger charge is -2.06. The van der Waals surface area contributed by atoms with E-state index in [1.807, 2.05) is 0 Å². The van der Waals surface area contributed by atoms with Crippen molar-refractivity contribution >= 4 is 0 Å². The fourth-order valence-corrected chi connectivity index (χ4v) is 2.12. The van der Waals surface area contributed by atoms with Crippen molar-refractivity contribution in [3.8, 4) is 0 Å². The molecule has 0 saturated carbocycles. The summed E-state index contributed by atoms with van der Waals surface area (Å²) >= 11 is 0. The number of aromatic nitrogens is 3. The smallest absolute Gasteiger partial charge is 0.213 e. The van der Waals surface area contributed by atoms with Gasteiger partial charge in [0.25, 0.3) is 0 Å². The fraction of sp³-hybridized carbons (Fsp3) is 0.500. The lowest BCUT2D eigenvalue weighted by Crippen LogP contribution is -2.14. The molecule has 1 N–H and O–H groups in total. The van der Waals surface area contributed by atoms with Crippen LogP contribution in [-0.4, -0.2) is 14.7 Å². The molecule has 2 aromatic rings. The van der Waals surface area contributed by atoms with Gasteiger partial charge in [0.1, 0.15) is 0 Å². The number of nitrogens with zero attached hydrogens (tertiary/aromatic N) is 3. The number of aryl methyl sites for hydroxylation is 1. The predicted octanol–water partition coefficient (Wildman–Crippen LogP) is 1.80. The van der Waals surface area contributed by atoms with Crippen LogP contribution >= 0.6 is 0 Å². The van der Waals surface area contributed by atoms with Gasteiger partial charge in [0.2, 0.25) is 6.39 Å². The topological polar surface area (TPSA) is 55.9 Å². The largest absolute Gasteiger partial charge is 0.349 e. The van der Waals surface area contributed by atoms with Gasteiger partial charge < -0.3 is 14.4 Å². The van der Waals surface area contributed by atoms with E-state index in [0.29, 0.717) is 12.4 Å². The Balaban J connectivity index is 1.95. The number of hydrogen-bond donors (Lipinski definition) is 1. The molecule has 2 rings (SSSR count). The van der Waals surface area contributed by atoms with Crippen LogP contribution in [0.4, 0.5) is 0 Å². The maximum atomic E-state index is 4.68. The monoisotopic (exact) mass is 234 g/mol. The minimum Gasteiger partial charge on any atom is -0.349 e. The Morgan fingerprint density at radius 2 is 2.18 bits per heavy atom. The van der Waals surface area contributed by atoms with Gasteiger partial charge in [-0.05, 0) is 32.4 Å². The van der Waals surface area contributed by atoms with Gasteiger partial charge in [-0.15, -0.1) is 0 Å². The van der Waals surface area contributed by atoms with E-state index in [-0.39, 0.29) is 0 Å². The summed E-state index contributed by atoms with van der Waals surface area (Å²) in [6.45, 7) is 8.93. The Morgan fingerprint density at radius 1 is 1.35 bits per heavy atom. The molecule has 2 heterocycles. The molecule has 0 atom stereocenters. The van der Waals surface area contributed by atoms with Crippen LogP contribution in [0.15, 0.2) is 17.0 Å². The highest BCUT2D eigenvalue weighted by Gasteiger charge is 2.07. The van der Waals surface area contributed by atoms with Gasteiger partial charge in [-0.3, -0.25) is 0 Å². The maximum Gasteiger partial charge on any atom is 0.213 e. The Morgan fingerprint density at radius 3 is 2.76 bits per heavy atom. The lowest BCUT2D eigenvalue weighted by molar-refractivity contribution is 0.407. The Labute approximate surface area is 101 Å². The van der Waals surface area contributed by atoms with Crippen molar-refractivity contribution in [2.45, 2.75) is 40.4 Å². The molecule has 17 heavy (non-hydrogen) atoms. The van der Waals surface area contributed by atoms with Gasteiger partial charge in [-0.25, -0.2) is 0 Å². The van der Waals surface area contributed by atoms with Crippen LogP contribution in [0.2, 0.25) is 0 Å². The van der Waals surface area contributed by atoms with Gasteiger partial charge >= 0.3 is 0 Å². The van der Waals surface area contributed by atoms with Crippen molar-refractivity contribution < 1.29 is 4.52 Å². The first kappa shape index (κ1) is 11.9. The maximum absolute atomic E-state index is 4.68. The molecule has 5 heteroatoms. The van der Waals surface area contributed by atoms with Crippen LogP contribution in [0.1, 0.15) is 29.7 Å². The second kappa shape index (κ2) is 5.14. The molecule has 2 aromatic heterocycles. The van der Waals surface area contributed by atoms with Crippen molar-refractivity contribution in [1.29, 1.82) is 0 Å². The summed E-state index contributed by atoms with van der Waals surface area (Å²) in [4.78, 5) is 3.96. The quantitative estimate of drug-likeness (QED) is 0.857. The van der Waals surface area contributed by atoms with Crippen LogP contribution < -0.4 is 5.32 Å². The molecule has 0 amide bonds. The lowest BCUT2D eigenvalue weighted by atomic mass is 10.2. The zero-order chi connectivity index (χ0) is 12.3. The van der Waals surface area contributed by atoms with E-state index in [4.69, 9.17) is 0 Å².